The first-order valence-electron chi connectivity index (χ1n) is 13.3. The maximum Gasteiger partial charge on any atom is 0.413 e. The zero-order valence-electron chi connectivity index (χ0n) is 21.7. The monoisotopic (exact) mass is 520 g/mol. The summed E-state index contributed by atoms with van der Waals surface area (Å²) in [7, 11) is 0. The highest BCUT2D eigenvalue weighted by atomic mass is 19.1. The predicted octanol–water partition coefficient (Wildman–Crippen LogP) is 6.07. The molecule has 1 atom stereocenters. The van der Waals surface area contributed by atoms with Gasteiger partial charge in [-0.05, 0) is 67.3 Å². The van der Waals surface area contributed by atoms with Gasteiger partial charge in [0.05, 0.1) is 6.54 Å². The van der Waals surface area contributed by atoms with Crippen molar-refractivity contribution in [1.82, 2.24) is 9.80 Å². The molecule has 1 amide bonds. The van der Waals surface area contributed by atoms with E-state index >= 15 is 0 Å². The van der Waals surface area contributed by atoms with Crippen LogP contribution in [0.25, 0.3) is 0 Å². The third kappa shape index (κ3) is 5.31. The largest absolute Gasteiger partial charge is 0.437 e. The van der Waals surface area contributed by atoms with Crippen LogP contribution in [-0.2, 0) is 11.3 Å². The number of likely N-dealkylation sites (tertiary alicyclic amines) is 1. The number of hydrogen-bond acceptors (Lipinski definition) is 4. The number of nitrogens with zero attached hydrogens (tertiary/aromatic N) is 2. The van der Waals surface area contributed by atoms with Crippen molar-refractivity contribution in [2.45, 2.75) is 56.4 Å². The molecule has 2 heterocycles. The van der Waals surface area contributed by atoms with Crippen LogP contribution < -0.4 is 0 Å². The molecule has 3 aromatic carbocycles. The molecule has 0 aliphatic carbocycles. The van der Waals surface area contributed by atoms with Gasteiger partial charge in [0, 0.05) is 31.8 Å². The molecule has 0 radical (unpaired) electrons. The number of hydrogen-bond donors (Lipinski definition) is 1. The van der Waals surface area contributed by atoms with E-state index in [1.807, 2.05) is 30.3 Å². The molecule has 1 spiro atoms. The molecule has 2 saturated heterocycles. The summed E-state index contributed by atoms with van der Waals surface area (Å²) in [5.41, 5.74) is 0.615. The molecular weight excluding hydrogens is 486 g/mol. The quantitative estimate of drug-likeness (QED) is 0.392. The number of piperidine rings is 1. The Labute approximate surface area is 222 Å². The van der Waals surface area contributed by atoms with Crippen LogP contribution in [-0.4, -0.2) is 52.0 Å². The number of ether oxygens (including phenoxy) is 1. The molecule has 2 aliphatic heterocycles. The van der Waals surface area contributed by atoms with Crippen molar-refractivity contribution in [3.05, 3.63) is 107 Å². The van der Waals surface area contributed by atoms with Gasteiger partial charge in [0.15, 0.2) is 11.3 Å². The summed E-state index contributed by atoms with van der Waals surface area (Å²) in [6.07, 6.45) is 2.35. The molecule has 0 aromatic heterocycles. The van der Waals surface area contributed by atoms with Gasteiger partial charge in [0.1, 0.15) is 11.6 Å². The van der Waals surface area contributed by atoms with Crippen LogP contribution in [0.3, 0.4) is 0 Å². The van der Waals surface area contributed by atoms with Crippen LogP contribution in [0, 0.1) is 11.6 Å². The molecule has 0 bridgehead atoms. The fraction of sp³-hybridized carbons (Fsp3) is 0.387. The second kappa shape index (κ2) is 10.8. The number of halogens is 2. The molecule has 200 valence electrons. The molecule has 1 N–H and O–H groups in total. The highest BCUT2D eigenvalue weighted by Gasteiger charge is 2.62. The highest BCUT2D eigenvalue weighted by molar-refractivity contribution is 5.72. The minimum absolute atomic E-state index is 0.0374. The average Bonchev–Trinajstić information content (AvgIpc) is 3.09. The van der Waals surface area contributed by atoms with E-state index in [2.05, 4.69) is 4.90 Å². The van der Waals surface area contributed by atoms with Gasteiger partial charge in [0.25, 0.3) is 0 Å². The molecule has 1 unspecified atom stereocenters. The summed E-state index contributed by atoms with van der Waals surface area (Å²) in [6, 6.07) is 22.7. The lowest BCUT2D eigenvalue weighted by molar-refractivity contribution is -0.166. The lowest BCUT2D eigenvalue weighted by Crippen LogP contribution is -2.60. The van der Waals surface area contributed by atoms with Gasteiger partial charge >= 0.3 is 6.09 Å². The number of rotatable bonds is 8. The van der Waals surface area contributed by atoms with Crippen molar-refractivity contribution in [2.24, 2.45) is 0 Å². The SMILES string of the molecule is CC1(O)N(Cc2ccccc2)C(=O)OC12CCN(CCCC(c1ccc(F)cc1)c1ccc(F)cc1)CC2. The Morgan fingerprint density at radius 1 is 0.895 bits per heavy atom. The van der Waals surface area contributed by atoms with Gasteiger partial charge in [-0.15, -0.1) is 0 Å². The van der Waals surface area contributed by atoms with Crippen LogP contribution >= 0.6 is 0 Å². The molecule has 5 rings (SSSR count). The first kappa shape index (κ1) is 26.3. The van der Waals surface area contributed by atoms with Crippen molar-refractivity contribution < 1.29 is 23.4 Å². The molecule has 38 heavy (non-hydrogen) atoms. The first-order chi connectivity index (χ1) is 18.3. The number of amides is 1. The van der Waals surface area contributed by atoms with E-state index in [9.17, 15) is 18.7 Å². The average molecular weight is 521 g/mol. The number of carbonyl (C=O) groups excluding carboxylic acids is 1. The van der Waals surface area contributed by atoms with E-state index in [-0.39, 0.29) is 17.6 Å². The van der Waals surface area contributed by atoms with E-state index in [1.54, 1.807) is 31.2 Å². The Balaban J connectivity index is 1.19. The van der Waals surface area contributed by atoms with Gasteiger partial charge in [-0.3, -0.25) is 4.90 Å². The Bertz CT molecular complexity index is 1180. The third-order valence-electron chi connectivity index (χ3n) is 8.25. The summed E-state index contributed by atoms with van der Waals surface area (Å²) in [5, 5.41) is 11.5. The molecule has 2 aliphatic rings. The Kier molecular flexibility index (Phi) is 7.50. The van der Waals surface area contributed by atoms with Gasteiger partial charge in [0.2, 0.25) is 0 Å². The van der Waals surface area contributed by atoms with Crippen LogP contribution in [0.15, 0.2) is 78.9 Å². The summed E-state index contributed by atoms with van der Waals surface area (Å²) in [6.45, 7) is 4.25. The zero-order chi connectivity index (χ0) is 26.8. The fourth-order valence-corrected chi connectivity index (χ4v) is 5.88. The fourth-order valence-electron chi connectivity index (χ4n) is 5.88. The van der Waals surface area contributed by atoms with E-state index < -0.39 is 17.4 Å². The molecular formula is C31H34F2N2O3. The molecule has 2 fully saturated rings. The van der Waals surface area contributed by atoms with Crippen molar-refractivity contribution in [2.75, 3.05) is 19.6 Å². The summed E-state index contributed by atoms with van der Waals surface area (Å²) >= 11 is 0. The number of aliphatic hydroxyl groups is 1. The molecule has 5 nitrogen and oxygen atoms in total. The van der Waals surface area contributed by atoms with E-state index in [0.29, 0.717) is 32.5 Å². The molecule has 7 heteroatoms. The second-order valence-corrected chi connectivity index (χ2v) is 10.6. The summed E-state index contributed by atoms with van der Waals surface area (Å²) in [4.78, 5) is 16.6. The summed E-state index contributed by atoms with van der Waals surface area (Å²) < 4.78 is 32.9. The maximum atomic E-state index is 13.5. The van der Waals surface area contributed by atoms with Crippen LogP contribution in [0.5, 0.6) is 0 Å². The van der Waals surface area contributed by atoms with Crippen LogP contribution in [0.1, 0.15) is 55.2 Å². The number of carbonyl (C=O) groups is 1. The van der Waals surface area contributed by atoms with Crippen LogP contribution in [0.4, 0.5) is 13.6 Å². The topological polar surface area (TPSA) is 53.0 Å². The minimum Gasteiger partial charge on any atom is -0.437 e. The minimum atomic E-state index is -1.40. The Morgan fingerprint density at radius 3 is 2.00 bits per heavy atom. The lowest BCUT2D eigenvalue weighted by Gasteiger charge is -2.45. The molecule has 3 aromatic rings. The van der Waals surface area contributed by atoms with Crippen molar-refractivity contribution in [1.29, 1.82) is 0 Å². The van der Waals surface area contributed by atoms with E-state index in [1.165, 1.54) is 29.2 Å². The maximum absolute atomic E-state index is 13.5. The normalized spacial score (nSPS) is 21.3. The van der Waals surface area contributed by atoms with Crippen molar-refractivity contribution in [3.8, 4) is 0 Å². The van der Waals surface area contributed by atoms with Gasteiger partial charge in [-0.1, -0.05) is 54.6 Å². The number of benzene rings is 3. The smallest absolute Gasteiger partial charge is 0.413 e. The van der Waals surface area contributed by atoms with Crippen molar-refractivity contribution in [3.63, 3.8) is 0 Å². The first-order valence-corrected chi connectivity index (χ1v) is 13.3. The summed E-state index contributed by atoms with van der Waals surface area (Å²) in [5.74, 6) is -0.519. The Morgan fingerprint density at radius 2 is 1.45 bits per heavy atom. The van der Waals surface area contributed by atoms with Gasteiger partial charge in [-0.25, -0.2) is 13.6 Å². The van der Waals surface area contributed by atoms with E-state index in [0.717, 1.165) is 36.1 Å². The van der Waals surface area contributed by atoms with Crippen molar-refractivity contribution >= 4 is 6.09 Å². The van der Waals surface area contributed by atoms with Crippen LogP contribution in [0.2, 0.25) is 0 Å². The van der Waals surface area contributed by atoms with Gasteiger partial charge < -0.3 is 14.7 Å². The third-order valence-corrected chi connectivity index (χ3v) is 8.25. The van der Waals surface area contributed by atoms with Gasteiger partial charge in [-0.2, -0.15) is 0 Å². The predicted molar refractivity (Wildman–Crippen MR) is 141 cm³/mol. The highest BCUT2D eigenvalue weighted by Crippen LogP contribution is 2.45. The zero-order valence-corrected chi connectivity index (χ0v) is 21.7. The second-order valence-electron chi connectivity index (χ2n) is 10.6. The standard InChI is InChI=1S/C31H34F2N2O3/c1-30(37)31(38-29(36)35(30)22-23-6-3-2-4-7-23)17-20-34(21-18-31)19-5-8-28(24-9-13-26(32)14-10-24)25-11-15-27(33)16-12-25/h2-4,6-7,9-16,28,37H,5,8,17-22H2,1H3. The Hall–Kier alpha value is -3.29. The molecule has 0 saturated carbocycles. The van der Waals surface area contributed by atoms with E-state index in [4.69, 9.17) is 4.74 Å². The lowest BCUT2D eigenvalue weighted by atomic mass is 9.81.